The van der Waals surface area contributed by atoms with E-state index in [9.17, 15) is 4.79 Å². The summed E-state index contributed by atoms with van der Waals surface area (Å²) in [5.41, 5.74) is 0.309. The van der Waals surface area contributed by atoms with Gasteiger partial charge in [0.05, 0.1) is 25.2 Å². The van der Waals surface area contributed by atoms with E-state index in [-0.39, 0.29) is 6.54 Å². The van der Waals surface area contributed by atoms with Crippen molar-refractivity contribution in [1.29, 1.82) is 5.26 Å². The van der Waals surface area contributed by atoms with Crippen molar-refractivity contribution in [1.82, 2.24) is 9.55 Å². The molecule has 0 saturated carbocycles. The van der Waals surface area contributed by atoms with Crippen molar-refractivity contribution < 1.29 is 9.53 Å². The van der Waals surface area contributed by atoms with E-state index in [4.69, 9.17) is 10.00 Å². The monoisotopic (exact) mass is 179 g/mol. The Morgan fingerprint density at radius 2 is 2.62 bits per heavy atom. The second-order valence-electron chi connectivity index (χ2n) is 2.29. The Labute approximate surface area is 75.6 Å². The quantitative estimate of drug-likeness (QED) is 0.636. The molecule has 68 valence electrons. The summed E-state index contributed by atoms with van der Waals surface area (Å²) in [6, 6.07) is 1.92. The lowest BCUT2D eigenvalue weighted by molar-refractivity contribution is 0.0514. The Morgan fingerprint density at radius 3 is 3.23 bits per heavy atom. The third kappa shape index (κ3) is 2.06. The minimum atomic E-state index is -0.449. The first-order chi connectivity index (χ1) is 6.29. The number of imidazole rings is 1. The second-order valence-corrected chi connectivity index (χ2v) is 2.29. The van der Waals surface area contributed by atoms with E-state index >= 15 is 0 Å². The smallest absolute Gasteiger partial charge is 0.356 e. The first kappa shape index (κ1) is 9.26. The third-order valence-electron chi connectivity index (χ3n) is 1.44. The van der Waals surface area contributed by atoms with E-state index in [1.54, 1.807) is 6.92 Å². The van der Waals surface area contributed by atoms with Gasteiger partial charge in [0, 0.05) is 0 Å². The summed E-state index contributed by atoms with van der Waals surface area (Å²) >= 11 is 0. The predicted molar refractivity (Wildman–Crippen MR) is 43.8 cm³/mol. The molecule has 0 bridgehead atoms. The van der Waals surface area contributed by atoms with Crippen molar-refractivity contribution in [3.8, 4) is 6.07 Å². The van der Waals surface area contributed by atoms with E-state index in [1.807, 2.05) is 6.07 Å². The van der Waals surface area contributed by atoms with Crippen molar-refractivity contribution >= 4 is 5.97 Å². The zero-order valence-electron chi connectivity index (χ0n) is 7.23. The van der Waals surface area contributed by atoms with E-state index in [2.05, 4.69) is 4.98 Å². The summed E-state index contributed by atoms with van der Waals surface area (Å²) in [6.45, 7) is 2.15. The summed E-state index contributed by atoms with van der Waals surface area (Å²) in [6.07, 6.45) is 2.81. The molecule has 1 rings (SSSR count). The number of carbonyl (C=O) groups is 1. The van der Waals surface area contributed by atoms with E-state index < -0.39 is 5.97 Å². The molecule has 0 aliphatic rings. The van der Waals surface area contributed by atoms with Gasteiger partial charge in [-0.1, -0.05) is 0 Å². The summed E-state index contributed by atoms with van der Waals surface area (Å²) in [5.74, 6) is -0.449. The van der Waals surface area contributed by atoms with Crippen molar-refractivity contribution in [2.45, 2.75) is 13.5 Å². The van der Waals surface area contributed by atoms with Crippen molar-refractivity contribution in [2.75, 3.05) is 6.61 Å². The van der Waals surface area contributed by atoms with E-state index in [0.29, 0.717) is 12.3 Å². The van der Waals surface area contributed by atoms with Gasteiger partial charge in [0.15, 0.2) is 0 Å². The van der Waals surface area contributed by atoms with Gasteiger partial charge in [-0.2, -0.15) is 5.26 Å². The van der Waals surface area contributed by atoms with E-state index in [0.717, 1.165) is 0 Å². The van der Waals surface area contributed by atoms with Gasteiger partial charge >= 0.3 is 5.97 Å². The molecule has 1 aromatic rings. The van der Waals surface area contributed by atoms with Crippen LogP contribution in [0.15, 0.2) is 12.5 Å². The second kappa shape index (κ2) is 4.26. The van der Waals surface area contributed by atoms with Gasteiger partial charge in [-0.25, -0.2) is 9.78 Å². The van der Waals surface area contributed by atoms with Crippen LogP contribution in [0.4, 0.5) is 0 Å². The van der Waals surface area contributed by atoms with Crippen molar-refractivity contribution in [2.24, 2.45) is 0 Å². The number of rotatable bonds is 3. The van der Waals surface area contributed by atoms with Gasteiger partial charge in [0.1, 0.15) is 12.2 Å². The highest BCUT2D eigenvalue weighted by Crippen LogP contribution is 2.01. The van der Waals surface area contributed by atoms with Crippen LogP contribution < -0.4 is 0 Å². The normalized spacial score (nSPS) is 9.23. The van der Waals surface area contributed by atoms with Crippen LogP contribution in [0.5, 0.6) is 0 Å². The molecule has 0 amide bonds. The molecule has 0 unspecified atom stereocenters. The Morgan fingerprint density at radius 1 is 1.85 bits per heavy atom. The molecule has 0 aliphatic carbocycles. The van der Waals surface area contributed by atoms with Crippen LogP contribution in [-0.4, -0.2) is 22.1 Å². The largest absolute Gasteiger partial charge is 0.461 e. The molecular formula is C8H9N3O2. The molecule has 0 saturated heterocycles. The number of esters is 1. The van der Waals surface area contributed by atoms with Crippen molar-refractivity contribution in [3.05, 3.63) is 18.2 Å². The zero-order valence-corrected chi connectivity index (χ0v) is 7.23. The summed E-state index contributed by atoms with van der Waals surface area (Å²) in [7, 11) is 0. The highest BCUT2D eigenvalue weighted by molar-refractivity contribution is 5.87. The molecule has 5 heteroatoms. The highest BCUT2D eigenvalue weighted by atomic mass is 16.5. The number of aromatic nitrogens is 2. The Balaban J connectivity index is 2.82. The molecule has 13 heavy (non-hydrogen) atoms. The number of ether oxygens (including phenoxy) is 1. The third-order valence-corrected chi connectivity index (χ3v) is 1.44. The predicted octanol–water partition coefficient (Wildman–Crippen LogP) is 0.583. The van der Waals surface area contributed by atoms with Gasteiger partial charge in [-0.3, -0.25) is 0 Å². The number of nitrogens with zero attached hydrogens (tertiary/aromatic N) is 3. The van der Waals surface area contributed by atoms with Crippen LogP contribution in [-0.2, 0) is 11.3 Å². The van der Waals surface area contributed by atoms with Crippen LogP contribution in [0.3, 0.4) is 0 Å². The highest BCUT2D eigenvalue weighted by Gasteiger charge is 2.11. The molecule has 0 N–H and O–H groups in total. The lowest BCUT2D eigenvalue weighted by Gasteiger charge is -2.02. The molecule has 0 atom stereocenters. The molecular weight excluding hydrogens is 170 g/mol. The fraction of sp³-hybridized carbons (Fsp3) is 0.375. The first-order valence-corrected chi connectivity index (χ1v) is 3.83. The lowest BCUT2D eigenvalue weighted by atomic mass is 10.4. The van der Waals surface area contributed by atoms with E-state index in [1.165, 1.54) is 17.1 Å². The van der Waals surface area contributed by atoms with Gasteiger partial charge < -0.3 is 9.30 Å². The van der Waals surface area contributed by atoms with Gasteiger partial charge in [0.2, 0.25) is 0 Å². The van der Waals surface area contributed by atoms with Crippen LogP contribution in [0.1, 0.15) is 17.4 Å². The number of carbonyl (C=O) groups excluding carboxylic acids is 1. The molecule has 5 nitrogen and oxygen atoms in total. The fourth-order valence-corrected chi connectivity index (χ4v) is 0.898. The van der Waals surface area contributed by atoms with Gasteiger partial charge in [-0.15, -0.1) is 0 Å². The zero-order chi connectivity index (χ0) is 9.68. The summed E-state index contributed by atoms with van der Waals surface area (Å²) in [5, 5.41) is 8.42. The topological polar surface area (TPSA) is 67.9 Å². The average molecular weight is 179 g/mol. The summed E-state index contributed by atoms with van der Waals surface area (Å²) in [4.78, 5) is 15.0. The summed E-state index contributed by atoms with van der Waals surface area (Å²) < 4.78 is 6.21. The van der Waals surface area contributed by atoms with Crippen LogP contribution in [0, 0.1) is 11.3 Å². The van der Waals surface area contributed by atoms with Gasteiger partial charge in [0.25, 0.3) is 0 Å². The molecule has 0 aromatic carbocycles. The average Bonchev–Trinajstić information content (AvgIpc) is 2.54. The molecule has 1 aromatic heterocycles. The maximum atomic E-state index is 11.2. The Bertz CT molecular complexity index is 337. The molecule has 1 heterocycles. The SMILES string of the molecule is CCOC(=O)c1cncn1CC#N. The standard InChI is InChI=1S/C8H9N3O2/c1-2-13-8(12)7-5-10-6-11(7)4-3-9/h5-6H,2,4H2,1H3. The van der Waals surface area contributed by atoms with Crippen LogP contribution >= 0.6 is 0 Å². The van der Waals surface area contributed by atoms with Crippen LogP contribution in [0.2, 0.25) is 0 Å². The molecule has 0 aliphatic heterocycles. The molecule has 0 spiro atoms. The van der Waals surface area contributed by atoms with Crippen molar-refractivity contribution in [3.63, 3.8) is 0 Å². The van der Waals surface area contributed by atoms with Gasteiger partial charge in [-0.05, 0) is 6.92 Å². The number of hydrogen-bond acceptors (Lipinski definition) is 4. The van der Waals surface area contributed by atoms with Crippen LogP contribution in [0.25, 0.3) is 0 Å². The lowest BCUT2D eigenvalue weighted by Crippen LogP contribution is -2.11. The maximum absolute atomic E-state index is 11.2. The fourth-order valence-electron chi connectivity index (χ4n) is 0.898. The molecule has 0 radical (unpaired) electrons. The Kier molecular flexibility index (Phi) is 3.03. The first-order valence-electron chi connectivity index (χ1n) is 3.83. The molecule has 0 fully saturated rings. The Hall–Kier alpha value is -1.83. The minimum Gasteiger partial charge on any atom is -0.461 e. The maximum Gasteiger partial charge on any atom is 0.356 e. The number of hydrogen-bond donors (Lipinski definition) is 0. The number of nitriles is 1. The minimum absolute atomic E-state index is 0.105.